The van der Waals surface area contributed by atoms with Gasteiger partial charge < -0.3 is 9.15 Å². The minimum atomic E-state index is -0.304. The number of rotatable bonds is 3. The molecule has 3 rings (SSSR count). The van der Waals surface area contributed by atoms with Crippen molar-refractivity contribution in [1.29, 1.82) is 0 Å². The van der Waals surface area contributed by atoms with E-state index < -0.39 is 0 Å². The summed E-state index contributed by atoms with van der Waals surface area (Å²) in [5.74, 6) is 0.663. The molecule has 0 unspecified atom stereocenters. The fourth-order valence-electron chi connectivity index (χ4n) is 2.11. The number of hydrogen-bond donors (Lipinski definition) is 0. The van der Waals surface area contributed by atoms with Gasteiger partial charge in [-0.25, -0.2) is 4.79 Å². The molecule has 3 nitrogen and oxygen atoms in total. The van der Waals surface area contributed by atoms with Crippen LogP contribution < -0.4 is 10.4 Å². The van der Waals surface area contributed by atoms with Crippen molar-refractivity contribution in [3.63, 3.8) is 0 Å². The molecule has 0 radical (unpaired) electrons. The highest BCUT2D eigenvalue weighted by Crippen LogP contribution is 2.25. The lowest BCUT2D eigenvalue weighted by atomic mass is 10.1. The van der Waals surface area contributed by atoms with Crippen LogP contribution in [0.2, 0.25) is 4.34 Å². The average Bonchev–Trinajstić information content (AvgIpc) is 2.88. The molecule has 0 bridgehead atoms. The molecule has 0 spiro atoms. The van der Waals surface area contributed by atoms with Gasteiger partial charge in [-0.15, -0.1) is 11.3 Å². The van der Waals surface area contributed by atoms with Crippen LogP contribution in [0.3, 0.4) is 0 Å². The Balaban J connectivity index is 1.90. The molecular weight excluding hydrogens is 308 g/mol. The van der Waals surface area contributed by atoms with Crippen molar-refractivity contribution < 1.29 is 9.15 Å². The summed E-state index contributed by atoms with van der Waals surface area (Å²) in [4.78, 5) is 11.7. The van der Waals surface area contributed by atoms with Crippen LogP contribution in [0, 0.1) is 13.8 Å². The van der Waals surface area contributed by atoms with Crippen molar-refractivity contribution in [2.45, 2.75) is 20.5 Å². The van der Waals surface area contributed by atoms with Crippen LogP contribution in [0.25, 0.3) is 11.0 Å². The molecule has 0 atom stereocenters. The topological polar surface area (TPSA) is 39.4 Å². The van der Waals surface area contributed by atoms with E-state index in [1.165, 1.54) is 11.3 Å². The van der Waals surface area contributed by atoms with Crippen LogP contribution in [-0.4, -0.2) is 0 Å². The first-order valence-corrected chi connectivity index (χ1v) is 7.70. The molecule has 0 amide bonds. The Labute approximate surface area is 130 Å². The van der Waals surface area contributed by atoms with E-state index in [4.69, 9.17) is 20.8 Å². The first kappa shape index (κ1) is 14.2. The van der Waals surface area contributed by atoms with Crippen LogP contribution in [0.4, 0.5) is 0 Å². The zero-order valence-corrected chi connectivity index (χ0v) is 13.2. The number of hydrogen-bond acceptors (Lipinski definition) is 4. The molecule has 0 fully saturated rings. The number of thiophene rings is 1. The third-order valence-corrected chi connectivity index (χ3v) is 4.60. The van der Waals surface area contributed by atoms with E-state index in [1.54, 1.807) is 13.0 Å². The normalized spacial score (nSPS) is 11.0. The smallest absolute Gasteiger partial charge is 0.339 e. The van der Waals surface area contributed by atoms with Gasteiger partial charge in [0.1, 0.15) is 17.9 Å². The fourth-order valence-corrected chi connectivity index (χ4v) is 3.00. The van der Waals surface area contributed by atoms with Crippen molar-refractivity contribution in [2.75, 3.05) is 0 Å². The molecule has 3 aromatic rings. The quantitative estimate of drug-likeness (QED) is 0.656. The molecule has 1 aromatic carbocycles. The van der Waals surface area contributed by atoms with Gasteiger partial charge in [-0.1, -0.05) is 11.6 Å². The number of halogens is 1. The maximum atomic E-state index is 11.7. The molecule has 0 saturated carbocycles. The summed E-state index contributed by atoms with van der Waals surface area (Å²) in [5.41, 5.74) is 2.85. The van der Waals surface area contributed by atoms with E-state index in [0.29, 0.717) is 23.5 Å². The van der Waals surface area contributed by atoms with Gasteiger partial charge in [0, 0.05) is 22.6 Å². The van der Waals surface area contributed by atoms with Crippen molar-refractivity contribution in [3.8, 4) is 5.75 Å². The predicted octanol–water partition coefficient (Wildman–Crippen LogP) is 4.70. The highest BCUT2D eigenvalue weighted by atomic mass is 35.5. The minimum absolute atomic E-state index is 0.304. The Morgan fingerprint density at radius 3 is 2.76 bits per heavy atom. The third kappa shape index (κ3) is 2.82. The summed E-state index contributed by atoms with van der Waals surface area (Å²) in [7, 11) is 0. The largest absolute Gasteiger partial charge is 0.489 e. The second kappa shape index (κ2) is 5.54. The van der Waals surface area contributed by atoms with Crippen LogP contribution in [0.1, 0.15) is 16.7 Å². The molecule has 0 aliphatic carbocycles. The number of ether oxygens (including phenoxy) is 1. The SMILES string of the molecule is Cc1c(C)c2ccc(OCc3csc(Cl)c3)cc2oc1=O. The first-order valence-electron chi connectivity index (χ1n) is 6.44. The Morgan fingerprint density at radius 1 is 1.24 bits per heavy atom. The van der Waals surface area contributed by atoms with Gasteiger partial charge in [0.25, 0.3) is 0 Å². The van der Waals surface area contributed by atoms with Gasteiger partial charge in [-0.05, 0) is 43.0 Å². The van der Waals surface area contributed by atoms with Gasteiger partial charge in [-0.3, -0.25) is 0 Å². The number of fused-ring (bicyclic) bond motifs is 1. The van der Waals surface area contributed by atoms with Crippen molar-refractivity contribution in [1.82, 2.24) is 0 Å². The van der Waals surface area contributed by atoms with E-state index in [-0.39, 0.29) is 5.63 Å². The summed E-state index contributed by atoms with van der Waals surface area (Å²) < 4.78 is 11.8. The molecule has 0 saturated heterocycles. The summed E-state index contributed by atoms with van der Waals surface area (Å²) in [6.07, 6.45) is 0. The standard InChI is InChI=1S/C16H13ClO3S/c1-9-10(2)16(18)20-14-6-12(3-4-13(9)14)19-7-11-5-15(17)21-8-11/h3-6,8H,7H2,1-2H3. The summed E-state index contributed by atoms with van der Waals surface area (Å²) in [6, 6.07) is 7.41. The van der Waals surface area contributed by atoms with Crippen LogP contribution in [-0.2, 0) is 6.61 Å². The second-order valence-electron chi connectivity index (χ2n) is 4.85. The van der Waals surface area contributed by atoms with Crippen molar-refractivity contribution >= 4 is 33.9 Å². The Hall–Kier alpha value is -1.78. The molecule has 0 aliphatic rings. The van der Waals surface area contributed by atoms with E-state index >= 15 is 0 Å². The Bertz CT molecular complexity index is 864. The zero-order chi connectivity index (χ0) is 15.0. The molecule has 0 aliphatic heterocycles. The van der Waals surface area contributed by atoms with Gasteiger partial charge in [-0.2, -0.15) is 0 Å². The number of aryl methyl sites for hydroxylation is 1. The summed E-state index contributed by atoms with van der Waals surface area (Å²) in [6.45, 7) is 4.12. The predicted molar refractivity (Wildman–Crippen MR) is 85.6 cm³/mol. The maximum Gasteiger partial charge on any atom is 0.339 e. The third-order valence-electron chi connectivity index (χ3n) is 3.46. The Morgan fingerprint density at radius 2 is 2.05 bits per heavy atom. The zero-order valence-electron chi connectivity index (χ0n) is 11.6. The molecule has 2 heterocycles. The monoisotopic (exact) mass is 320 g/mol. The van der Waals surface area contributed by atoms with E-state index in [2.05, 4.69) is 0 Å². The average molecular weight is 321 g/mol. The van der Waals surface area contributed by atoms with Gasteiger partial charge in [0.15, 0.2) is 0 Å². The molecule has 21 heavy (non-hydrogen) atoms. The molecule has 5 heteroatoms. The summed E-state index contributed by atoms with van der Waals surface area (Å²) in [5, 5.41) is 2.88. The lowest BCUT2D eigenvalue weighted by molar-refractivity contribution is 0.306. The van der Waals surface area contributed by atoms with Gasteiger partial charge in [0.05, 0.1) is 4.34 Å². The molecule has 108 valence electrons. The summed E-state index contributed by atoms with van der Waals surface area (Å²) >= 11 is 7.36. The fraction of sp³-hybridized carbons (Fsp3) is 0.188. The van der Waals surface area contributed by atoms with Crippen molar-refractivity contribution in [2.24, 2.45) is 0 Å². The van der Waals surface area contributed by atoms with Crippen molar-refractivity contribution in [3.05, 3.63) is 61.1 Å². The van der Waals surface area contributed by atoms with Crippen LogP contribution >= 0.6 is 22.9 Å². The second-order valence-corrected chi connectivity index (χ2v) is 6.39. The minimum Gasteiger partial charge on any atom is -0.489 e. The Kier molecular flexibility index (Phi) is 3.74. The van der Waals surface area contributed by atoms with E-state index in [9.17, 15) is 4.79 Å². The van der Waals surface area contributed by atoms with Gasteiger partial charge >= 0.3 is 5.63 Å². The number of benzene rings is 1. The molecule has 2 aromatic heterocycles. The van der Waals surface area contributed by atoms with Crippen LogP contribution in [0.15, 0.2) is 38.9 Å². The lowest BCUT2D eigenvalue weighted by Gasteiger charge is -2.08. The molecular formula is C16H13ClO3S. The maximum absolute atomic E-state index is 11.7. The first-order chi connectivity index (χ1) is 10.0. The lowest BCUT2D eigenvalue weighted by Crippen LogP contribution is -2.05. The highest BCUT2D eigenvalue weighted by Gasteiger charge is 2.08. The highest BCUT2D eigenvalue weighted by molar-refractivity contribution is 7.14. The van der Waals surface area contributed by atoms with E-state index in [0.717, 1.165) is 20.8 Å². The molecule has 0 N–H and O–H groups in total. The van der Waals surface area contributed by atoms with E-state index in [1.807, 2.05) is 30.5 Å². The van der Waals surface area contributed by atoms with Gasteiger partial charge in [0.2, 0.25) is 0 Å². The van der Waals surface area contributed by atoms with Crippen LogP contribution in [0.5, 0.6) is 5.75 Å².